The molecule has 0 spiro atoms. The van der Waals surface area contributed by atoms with Crippen molar-refractivity contribution in [2.75, 3.05) is 0 Å². The van der Waals surface area contributed by atoms with E-state index in [9.17, 15) is 0 Å². The predicted octanol–water partition coefficient (Wildman–Crippen LogP) is 5.21. The quantitative estimate of drug-likeness (QED) is 0.414. The molecule has 0 atom stereocenters. The third kappa shape index (κ3) is 4.67. The molecule has 1 aromatic heterocycles. The van der Waals surface area contributed by atoms with Crippen LogP contribution in [0.2, 0.25) is 24.8 Å². The van der Waals surface area contributed by atoms with E-state index < -0.39 is 8.07 Å². The summed E-state index contributed by atoms with van der Waals surface area (Å²) in [4.78, 5) is 4.57. The maximum atomic E-state index is 6.28. The minimum Gasteiger partial charge on any atom is -0.239 e. The summed E-state index contributed by atoms with van der Waals surface area (Å²) in [5, 5.41) is 0.541. The molecular weight excluding hydrogens is 270 g/mol. The van der Waals surface area contributed by atoms with Crippen LogP contribution in [0.1, 0.15) is 56.4 Å². The van der Waals surface area contributed by atoms with Gasteiger partial charge in [0.1, 0.15) is 13.2 Å². The fourth-order valence-electron chi connectivity index (χ4n) is 1.79. The number of hydrogen-bond acceptors (Lipinski definition) is 1. The zero-order valence-corrected chi connectivity index (χ0v) is 14.8. The van der Waals surface area contributed by atoms with Gasteiger partial charge in [-0.1, -0.05) is 64.9 Å². The topological polar surface area (TPSA) is 12.9 Å². The lowest BCUT2D eigenvalue weighted by molar-refractivity contribution is 0.757. The molecule has 1 nitrogen and oxygen atoms in total. The third-order valence-corrected chi connectivity index (χ3v) is 3.94. The van der Waals surface area contributed by atoms with Gasteiger partial charge in [-0.3, -0.25) is 0 Å². The van der Waals surface area contributed by atoms with Crippen LogP contribution in [0, 0.1) is 11.5 Å². The van der Waals surface area contributed by atoms with Gasteiger partial charge in [-0.2, -0.15) is 0 Å². The molecule has 0 saturated carbocycles. The number of aromatic nitrogens is 1. The SMILES string of the molecule is CC(C)c1cc(C#C[Si](C)(C)C)c(Cl)nc1C(C)C. The van der Waals surface area contributed by atoms with E-state index in [0.717, 1.165) is 11.3 Å². The summed E-state index contributed by atoms with van der Waals surface area (Å²) in [5.41, 5.74) is 6.59. The number of pyridine rings is 1. The lowest BCUT2D eigenvalue weighted by atomic mass is 9.94. The average Bonchev–Trinajstić information content (AvgIpc) is 2.25. The van der Waals surface area contributed by atoms with E-state index in [1.165, 1.54) is 5.56 Å². The number of nitrogens with zero attached hydrogens (tertiary/aromatic N) is 1. The highest BCUT2D eigenvalue weighted by atomic mass is 35.5. The van der Waals surface area contributed by atoms with Crippen LogP contribution in [-0.4, -0.2) is 13.1 Å². The summed E-state index contributed by atoms with van der Waals surface area (Å²) < 4.78 is 0. The van der Waals surface area contributed by atoms with Crippen molar-refractivity contribution in [1.82, 2.24) is 4.98 Å². The van der Waals surface area contributed by atoms with Crippen molar-refractivity contribution in [3.63, 3.8) is 0 Å². The molecule has 104 valence electrons. The Labute approximate surface area is 123 Å². The maximum absolute atomic E-state index is 6.28. The molecule has 0 bridgehead atoms. The molecule has 1 aromatic rings. The first-order valence-corrected chi connectivity index (χ1v) is 10.7. The second kappa shape index (κ2) is 6.11. The Morgan fingerprint density at radius 2 is 1.68 bits per heavy atom. The largest absolute Gasteiger partial charge is 0.239 e. The molecule has 0 N–H and O–H groups in total. The van der Waals surface area contributed by atoms with Gasteiger partial charge in [0.2, 0.25) is 0 Å². The Balaban J connectivity index is 3.36. The van der Waals surface area contributed by atoms with Crippen molar-refractivity contribution in [2.24, 2.45) is 0 Å². The second-order valence-corrected chi connectivity index (χ2v) is 11.7. The van der Waals surface area contributed by atoms with Crippen LogP contribution in [0.4, 0.5) is 0 Å². The fraction of sp³-hybridized carbons (Fsp3) is 0.562. The molecule has 0 aliphatic rings. The van der Waals surface area contributed by atoms with E-state index in [1.54, 1.807) is 0 Å². The minimum absolute atomic E-state index is 0.383. The highest BCUT2D eigenvalue weighted by molar-refractivity contribution is 6.83. The zero-order valence-electron chi connectivity index (χ0n) is 13.1. The van der Waals surface area contributed by atoms with Gasteiger partial charge in [0.15, 0.2) is 0 Å². The third-order valence-electron chi connectivity index (χ3n) is 2.78. The molecule has 0 saturated heterocycles. The van der Waals surface area contributed by atoms with E-state index in [4.69, 9.17) is 11.6 Å². The second-order valence-electron chi connectivity index (χ2n) is 6.61. The van der Waals surface area contributed by atoms with Crippen LogP contribution in [-0.2, 0) is 0 Å². The summed E-state index contributed by atoms with van der Waals surface area (Å²) in [5.74, 6) is 4.05. The van der Waals surface area contributed by atoms with Gasteiger partial charge in [-0.25, -0.2) is 4.98 Å². The van der Waals surface area contributed by atoms with Crippen LogP contribution < -0.4 is 0 Å². The summed E-state index contributed by atoms with van der Waals surface area (Å²) >= 11 is 6.28. The molecule has 1 heterocycles. The van der Waals surface area contributed by atoms with Gasteiger partial charge in [0.05, 0.1) is 5.56 Å². The van der Waals surface area contributed by atoms with Crippen LogP contribution in [0.25, 0.3) is 0 Å². The molecule has 0 aliphatic heterocycles. The lowest BCUT2D eigenvalue weighted by Gasteiger charge is -2.16. The first-order chi connectivity index (χ1) is 8.61. The van der Waals surface area contributed by atoms with Gasteiger partial charge in [0.25, 0.3) is 0 Å². The van der Waals surface area contributed by atoms with Gasteiger partial charge in [-0.15, -0.1) is 5.54 Å². The van der Waals surface area contributed by atoms with E-state index in [1.807, 2.05) is 0 Å². The first-order valence-electron chi connectivity index (χ1n) is 6.85. The summed E-state index contributed by atoms with van der Waals surface area (Å²) in [6.07, 6.45) is 0. The summed E-state index contributed by atoms with van der Waals surface area (Å²) in [7, 11) is -1.39. The van der Waals surface area contributed by atoms with Crippen LogP contribution in [0.5, 0.6) is 0 Å². The lowest BCUT2D eigenvalue weighted by Crippen LogP contribution is -2.16. The predicted molar refractivity (Wildman–Crippen MR) is 87.6 cm³/mol. The molecule has 0 unspecified atom stereocenters. The Bertz CT molecular complexity index is 516. The van der Waals surface area contributed by atoms with Gasteiger partial charge >= 0.3 is 0 Å². The molecule has 1 rings (SSSR count). The van der Waals surface area contributed by atoms with Crippen LogP contribution in [0.3, 0.4) is 0 Å². The molecule has 0 radical (unpaired) electrons. The molecule has 0 amide bonds. The van der Waals surface area contributed by atoms with Gasteiger partial charge < -0.3 is 0 Å². The van der Waals surface area contributed by atoms with Crippen molar-refractivity contribution in [3.05, 3.63) is 28.0 Å². The van der Waals surface area contributed by atoms with Crippen molar-refractivity contribution in [1.29, 1.82) is 0 Å². The first kappa shape index (κ1) is 16.3. The Morgan fingerprint density at radius 1 is 1.11 bits per heavy atom. The number of rotatable bonds is 2. The zero-order chi connectivity index (χ0) is 14.8. The van der Waals surface area contributed by atoms with Gasteiger partial charge in [-0.05, 0) is 23.5 Å². The molecule has 19 heavy (non-hydrogen) atoms. The van der Waals surface area contributed by atoms with E-state index in [-0.39, 0.29) is 0 Å². The summed E-state index contributed by atoms with van der Waals surface area (Å²) in [6, 6.07) is 2.13. The Kier molecular flexibility index (Phi) is 5.23. The average molecular weight is 294 g/mol. The molecule has 0 fully saturated rings. The number of halogens is 1. The van der Waals surface area contributed by atoms with Crippen LogP contribution in [0.15, 0.2) is 6.07 Å². The Hall–Kier alpha value is -0.783. The highest BCUT2D eigenvalue weighted by Crippen LogP contribution is 2.28. The van der Waals surface area contributed by atoms with Gasteiger partial charge in [0, 0.05) is 5.69 Å². The smallest absolute Gasteiger partial charge is 0.144 e. The van der Waals surface area contributed by atoms with Crippen molar-refractivity contribution in [3.8, 4) is 11.5 Å². The minimum atomic E-state index is -1.39. The molecule has 0 aliphatic carbocycles. The van der Waals surface area contributed by atoms with E-state index >= 15 is 0 Å². The molecule has 3 heteroatoms. The number of hydrogen-bond donors (Lipinski definition) is 0. The monoisotopic (exact) mass is 293 g/mol. The van der Waals surface area contributed by atoms with Crippen molar-refractivity contribution >= 4 is 19.7 Å². The highest BCUT2D eigenvalue weighted by Gasteiger charge is 2.15. The standard InChI is InChI=1S/C16H24ClNSi/c1-11(2)14-10-13(8-9-19(5,6)7)16(17)18-15(14)12(3)4/h10-12H,1-7H3. The van der Waals surface area contributed by atoms with E-state index in [0.29, 0.717) is 17.0 Å². The normalized spacial score (nSPS) is 11.7. The van der Waals surface area contributed by atoms with E-state index in [2.05, 4.69) is 69.9 Å². The maximum Gasteiger partial charge on any atom is 0.144 e. The van der Waals surface area contributed by atoms with Crippen LogP contribution >= 0.6 is 11.6 Å². The molecule has 0 aromatic carbocycles. The Morgan fingerprint density at radius 3 is 2.11 bits per heavy atom. The summed E-state index contributed by atoms with van der Waals surface area (Å²) in [6.45, 7) is 15.4. The molecular formula is C16H24ClNSi. The fourth-order valence-corrected chi connectivity index (χ4v) is 2.49. The van der Waals surface area contributed by atoms with Crippen molar-refractivity contribution in [2.45, 2.75) is 59.2 Å². The van der Waals surface area contributed by atoms with Crippen molar-refractivity contribution < 1.29 is 0 Å².